The quantitative estimate of drug-likeness (QED) is 0.764. The molecule has 4 nitrogen and oxygen atoms in total. The fraction of sp³-hybridized carbons (Fsp3) is 0. The van der Waals surface area contributed by atoms with E-state index < -0.39 is 0 Å². The third-order valence-corrected chi connectivity index (χ3v) is 3.22. The Kier molecular flexibility index (Phi) is 3.36. The number of nitrogens with two attached hydrogens (primary N) is 1. The number of nitrogens with one attached hydrogen (secondary N) is 1. The van der Waals surface area contributed by atoms with Gasteiger partial charge in [0, 0.05) is 14.5 Å². The fourth-order valence-corrected chi connectivity index (χ4v) is 2.19. The second-order valence-corrected chi connectivity index (χ2v) is 5.12. The molecule has 1 heterocycles. The van der Waals surface area contributed by atoms with E-state index in [1.807, 2.05) is 18.2 Å². The Bertz CT molecular complexity index is 596. The summed E-state index contributed by atoms with van der Waals surface area (Å²) in [5.74, 6) is 0.840. The van der Waals surface area contributed by atoms with Crippen LogP contribution in [-0.2, 0) is 0 Å². The Balaban J connectivity index is 2.66. The minimum Gasteiger partial charge on any atom is -0.369 e. The van der Waals surface area contributed by atoms with Crippen molar-refractivity contribution in [3.63, 3.8) is 0 Å². The van der Waals surface area contributed by atoms with E-state index >= 15 is 0 Å². The minimum absolute atomic E-state index is 0.220. The van der Waals surface area contributed by atoms with Crippen LogP contribution >= 0.6 is 44.1 Å². The van der Waals surface area contributed by atoms with Gasteiger partial charge in [-0.05, 0) is 30.4 Å². The molecule has 2 rings (SSSR count). The van der Waals surface area contributed by atoms with Crippen molar-refractivity contribution < 1.29 is 0 Å². The summed E-state index contributed by atoms with van der Waals surface area (Å²) in [5, 5.41) is 0. The number of nitrogen functional groups attached to an aromatic ring is 1. The van der Waals surface area contributed by atoms with Gasteiger partial charge in [-0.2, -0.15) is 4.98 Å². The van der Waals surface area contributed by atoms with Crippen LogP contribution in [-0.4, -0.2) is 15.0 Å². The standard InChI is InChI=1S/C9H6Br2N4S/c10-4-1-2-6(11)5(3-4)7-13-8(12)15-9(16)14-7/h1-3H,(H3,12,13,14,15,16). The summed E-state index contributed by atoms with van der Waals surface area (Å²) < 4.78 is 2.07. The molecule has 0 saturated heterocycles. The van der Waals surface area contributed by atoms with Crippen LogP contribution in [0, 0.1) is 4.77 Å². The summed E-state index contributed by atoms with van der Waals surface area (Å²) in [6.07, 6.45) is 0. The van der Waals surface area contributed by atoms with E-state index in [4.69, 9.17) is 18.0 Å². The number of hydrogen-bond donors (Lipinski definition) is 2. The van der Waals surface area contributed by atoms with Gasteiger partial charge in [-0.3, -0.25) is 0 Å². The Morgan fingerprint density at radius 3 is 2.69 bits per heavy atom. The maximum absolute atomic E-state index is 5.58. The van der Waals surface area contributed by atoms with Crippen molar-refractivity contribution >= 4 is 50.0 Å². The minimum atomic E-state index is 0.220. The van der Waals surface area contributed by atoms with Crippen LogP contribution in [0.25, 0.3) is 11.4 Å². The highest BCUT2D eigenvalue weighted by Crippen LogP contribution is 2.28. The van der Waals surface area contributed by atoms with Crippen molar-refractivity contribution in [2.75, 3.05) is 5.73 Å². The van der Waals surface area contributed by atoms with Crippen molar-refractivity contribution in [1.29, 1.82) is 0 Å². The molecule has 0 aliphatic rings. The monoisotopic (exact) mass is 360 g/mol. The van der Waals surface area contributed by atoms with Gasteiger partial charge in [0.05, 0.1) is 0 Å². The van der Waals surface area contributed by atoms with Gasteiger partial charge in [0.2, 0.25) is 10.7 Å². The molecule has 2 aromatic rings. The lowest BCUT2D eigenvalue weighted by atomic mass is 10.2. The van der Waals surface area contributed by atoms with Crippen LogP contribution in [0.15, 0.2) is 27.1 Å². The summed E-state index contributed by atoms with van der Waals surface area (Å²) in [5.41, 5.74) is 6.45. The number of H-pyrrole nitrogens is 1. The number of aromatic amines is 1. The highest BCUT2D eigenvalue weighted by Gasteiger charge is 2.07. The zero-order valence-electron chi connectivity index (χ0n) is 7.87. The van der Waals surface area contributed by atoms with Gasteiger partial charge in [-0.1, -0.05) is 31.9 Å². The van der Waals surface area contributed by atoms with Crippen molar-refractivity contribution in [2.45, 2.75) is 0 Å². The lowest BCUT2D eigenvalue weighted by molar-refractivity contribution is 1.05. The largest absolute Gasteiger partial charge is 0.369 e. The van der Waals surface area contributed by atoms with Gasteiger partial charge in [0.1, 0.15) is 5.82 Å². The van der Waals surface area contributed by atoms with Crippen molar-refractivity contribution in [3.8, 4) is 11.4 Å². The van der Waals surface area contributed by atoms with Crippen molar-refractivity contribution in [3.05, 3.63) is 31.9 Å². The van der Waals surface area contributed by atoms with E-state index in [-0.39, 0.29) is 10.7 Å². The normalized spacial score (nSPS) is 10.4. The molecule has 82 valence electrons. The number of hydrogen-bond acceptors (Lipinski definition) is 4. The van der Waals surface area contributed by atoms with E-state index in [1.54, 1.807) is 0 Å². The molecule has 1 aromatic heterocycles. The number of benzene rings is 1. The number of nitrogens with zero attached hydrogens (tertiary/aromatic N) is 2. The Labute approximate surface area is 114 Å². The molecule has 0 atom stereocenters. The van der Waals surface area contributed by atoms with Crippen LogP contribution in [0.2, 0.25) is 0 Å². The number of anilines is 1. The first kappa shape index (κ1) is 11.7. The summed E-state index contributed by atoms with van der Waals surface area (Å²) in [6, 6.07) is 5.75. The molecule has 1 aromatic carbocycles. The second-order valence-electron chi connectivity index (χ2n) is 2.99. The van der Waals surface area contributed by atoms with E-state index in [1.165, 1.54) is 0 Å². The molecule has 0 bridgehead atoms. The van der Waals surface area contributed by atoms with Crippen LogP contribution in [0.4, 0.5) is 5.95 Å². The fourth-order valence-electron chi connectivity index (χ4n) is 1.21. The summed E-state index contributed by atoms with van der Waals surface area (Å²) >= 11 is 11.7. The zero-order chi connectivity index (χ0) is 11.7. The lowest BCUT2D eigenvalue weighted by Crippen LogP contribution is -2.00. The molecule has 0 radical (unpaired) electrons. The third kappa shape index (κ3) is 2.47. The Morgan fingerprint density at radius 2 is 2.00 bits per heavy atom. The molecule has 0 spiro atoms. The maximum atomic E-state index is 5.58. The molecule has 0 aliphatic carbocycles. The number of halogens is 2. The van der Waals surface area contributed by atoms with Crippen LogP contribution in [0.1, 0.15) is 0 Å². The smallest absolute Gasteiger partial charge is 0.224 e. The van der Waals surface area contributed by atoms with Crippen LogP contribution < -0.4 is 5.73 Å². The van der Waals surface area contributed by atoms with Crippen LogP contribution in [0.3, 0.4) is 0 Å². The topological polar surface area (TPSA) is 67.6 Å². The van der Waals surface area contributed by atoms with Gasteiger partial charge in [-0.25, -0.2) is 4.98 Å². The molecule has 0 fully saturated rings. The van der Waals surface area contributed by atoms with Gasteiger partial charge in [0.15, 0.2) is 0 Å². The highest BCUT2D eigenvalue weighted by molar-refractivity contribution is 9.11. The molecule has 0 amide bonds. The molecule has 0 unspecified atom stereocenters. The first-order valence-electron chi connectivity index (χ1n) is 4.25. The summed E-state index contributed by atoms with van der Waals surface area (Å²) in [6.45, 7) is 0. The van der Waals surface area contributed by atoms with Crippen molar-refractivity contribution in [1.82, 2.24) is 15.0 Å². The van der Waals surface area contributed by atoms with Crippen LogP contribution in [0.5, 0.6) is 0 Å². The number of aromatic nitrogens is 3. The maximum Gasteiger partial charge on any atom is 0.224 e. The van der Waals surface area contributed by atoms with Gasteiger partial charge in [0.25, 0.3) is 0 Å². The molecule has 16 heavy (non-hydrogen) atoms. The molecular weight excluding hydrogens is 356 g/mol. The summed E-state index contributed by atoms with van der Waals surface area (Å²) in [7, 11) is 0. The first-order chi connectivity index (χ1) is 7.56. The van der Waals surface area contributed by atoms with E-state index in [2.05, 4.69) is 46.8 Å². The molecule has 7 heteroatoms. The lowest BCUT2D eigenvalue weighted by Gasteiger charge is -2.05. The predicted octanol–water partition coefficient (Wildman–Crippen LogP) is 3.31. The second kappa shape index (κ2) is 4.60. The molecule has 0 aliphatic heterocycles. The van der Waals surface area contributed by atoms with Gasteiger partial charge in [-0.15, -0.1) is 0 Å². The Morgan fingerprint density at radius 1 is 1.25 bits per heavy atom. The van der Waals surface area contributed by atoms with Crippen molar-refractivity contribution in [2.24, 2.45) is 0 Å². The van der Waals surface area contributed by atoms with E-state index in [0.717, 1.165) is 14.5 Å². The van der Waals surface area contributed by atoms with E-state index in [9.17, 15) is 0 Å². The van der Waals surface area contributed by atoms with Gasteiger partial charge >= 0.3 is 0 Å². The van der Waals surface area contributed by atoms with Gasteiger partial charge < -0.3 is 10.7 Å². The third-order valence-electron chi connectivity index (χ3n) is 1.85. The molecule has 0 saturated carbocycles. The molecule has 3 N–H and O–H groups in total. The molecular formula is C9H6Br2N4S. The average Bonchev–Trinajstić information content (AvgIpc) is 2.20. The zero-order valence-corrected chi connectivity index (χ0v) is 11.9. The SMILES string of the molecule is Nc1nc(=S)nc(-c2cc(Br)ccc2Br)[nH]1. The highest BCUT2D eigenvalue weighted by atomic mass is 79.9. The Hall–Kier alpha value is -0.790. The van der Waals surface area contributed by atoms with E-state index in [0.29, 0.717) is 5.82 Å². The average molecular weight is 362 g/mol. The first-order valence-corrected chi connectivity index (χ1v) is 6.25. The number of rotatable bonds is 1. The predicted molar refractivity (Wildman–Crippen MR) is 72.5 cm³/mol. The summed E-state index contributed by atoms with van der Waals surface area (Å²) in [4.78, 5) is 10.8.